The number of carbonyl (C=O) groups is 1. The number of nitrogens with zero attached hydrogens (tertiary/aromatic N) is 2. The number of carbonyl (C=O) groups excluding carboxylic acids is 1. The molecule has 134 valence electrons. The van der Waals surface area contributed by atoms with Crippen molar-refractivity contribution in [3.63, 3.8) is 0 Å². The van der Waals surface area contributed by atoms with Gasteiger partial charge in [-0.05, 0) is 29.1 Å². The average molecular weight is 369 g/mol. The maximum Gasteiger partial charge on any atom is 0.224 e. The summed E-state index contributed by atoms with van der Waals surface area (Å²) in [6.45, 7) is 0.325. The van der Waals surface area contributed by atoms with Crippen LogP contribution in [0.5, 0.6) is 11.5 Å². The smallest absolute Gasteiger partial charge is 0.224 e. The fourth-order valence-corrected chi connectivity index (χ4v) is 3.20. The lowest BCUT2D eigenvalue weighted by atomic mass is 10.1. The van der Waals surface area contributed by atoms with Crippen LogP contribution in [0.2, 0.25) is 0 Å². The van der Waals surface area contributed by atoms with E-state index in [1.54, 1.807) is 50.1 Å². The molecule has 0 saturated carbocycles. The van der Waals surface area contributed by atoms with E-state index in [0.717, 1.165) is 22.5 Å². The predicted octanol–water partition coefficient (Wildman–Crippen LogP) is 3.08. The number of ether oxygens (including phenoxy) is 2. The maximum absolute atomic E-state index is 12.3. The van der Waals surface area contributed by atoms with Gasteiger partial charge in [0.15, 0.2) is 11.5 Å². The summed E-state index contributed by atoms with van der Waals surface area (Å²) in [7, 11) is 3.15. The number of nitrogens with one attached hydrogen (secondary N) is 1. The Hall–Kier alpha value is -2.93. The van der Waals surface area contributed by atoms with E-state index in [0.29, 0.717) is 18.0 Å². The monoisotopic (exact) mass is 369 g/mol. The first-order valence-corrected chi connectivity index (χ1v) is 8.95. The second-order valence-corrected chi connectivity index (χ2v) is 6.29. The minimum absolute atomic E-state index is 0.0980. The average Bonchev–Trinajstić information content (AvgIpc) is 3.21. The third-order valence-electron chi connectivity index (χ3n) is 3.83. The van der Waals surface area contributed by atoms with Gasteiger partial charge in [-0.15, -0.1) is 0 Å². The predicted molar refractivity (Wildman–Crippen MR) is 100 cm³/mol. The Balaban J connectivity index is 1.65. The molecule has 0 aliphatic heterocycles. The summed E-state index contributed by atoms with van der Waals surface area (Å²) >= 11 is 1.60. The van der Waals surface area contributed by atoms with Gasteiger partial charge in [0.25, 0.3) is 0 Å². The minimum atomic E-state index is -0.0980. The Bertz CT molecular complexity index is 881. The summed E-state index contributed by atoms with van der Waals surface area (Å²) in [4.78, 5) is 21.1. The molecule has 7 heteroatoms. The summed E-state index contributed by atoms with van der Waals surface area (Å²) < 4.78 is 10.5. The number of thiophene rings is 1. The number of amides is 1. The van der Waals surface area contributed by atoms with Crippen molar-refractivity contribution in [1.29, 1.82) is 0 Å². The fourth-order valence-electron chi connectivity index (χ4n) is 2.56. The molecule has 0 fully saturated rings. The lowest BCUT2D eigenvalue weighted by Gasteiger charge is -2.10. The van der Waals surface area contributed by atoms with Crippen LogP contribution in [0.4, 0.5) is 0 Å². The first-order chi connectivity index (χ1) is 12.7. The highest BCUT2D eigenvalue weighted by Crippen LogP contribution is 2.27. The number of benzene rings is 1. The van der Waals surface area contributed by atoms with Gasteiger partial charge in [-0.1, -0.05) is 6.07 Å². The van der Waals surface area contributed by atoms with Crippen LogP contribution in [0.3, 0.4) is 0 Å². The number of hydrogen-bond donors (Lipinski definition) is 1. The second-order valence-electron chi connectivity index (χ2n) is 5.51. The lowest BCUT2D eigenvalue weighted by Crippen LogP contribution is -2.25. The van der Waals surface area contributed by atoms with Crippen LogP contribution in [0, 0.1) is 0 Å². The topological polar surface area (TPSA) is 73.3 Å². The summed E-state index contributed by atoms with van der Waals surface area (Å²) in [5.74, 6) is 1.14. The van der Waals surface area contributed by atoms with Gasteiger partial charge in [0, 0.05) is 23.3 Å². The first kappa shape index (κ1) is 17.9. The van der Waals surface area contributed by atoms with Crippen LogP contribution in [0.1, 0.15) is 11.3 Å². The zero-order valence-electron chi connectivity index (χ0n) is 14.6. The quantitative estimate of drug-likeness (QED) is 0.693. The molecule has 3 rings (SSSR count). The Morgan fingerprint density at radius 3 is 2.65 bits per heavy atom. The van der Waals surface area contributed by atoms with Gasteiger partial charge in [-0.25, -0.2) is 0 Å². The van der Waals surface area contributed by atoms with Crippen molar-refractivity contribution in [2.24, 2.45) is 0 Å². The van der Waals surface area contributed by atoms with Crippen molar-refractivity contribution >= 4 is 17.2 Å². The number of rotatable bonds is 7. The zero-order chi connectivity index (χ0) is 18.4. The van der Waals surface area contributed by atoms with Gasteiger partial charge >= 0.3 is 0 Å². The Kier molecular flexibility index (Phi) is 5.80. The van der Waals surface area contributed by atoms with Crippen molar-refractivity contribution in [3.05, 3.63) is 58.7 Å². The van der Waals surface area contributed by atoms with Gasteiger partial charge in [-0.3, -0.25) is 14.8 Å². The molecular weight excluding hydrogens is 350 g/mol. The molecule has 3 aromatic rings. The standard InChI is InChI=1S/C19H19N3O3S/c1-24-16-4-3-13(9-17(16)25-2)10-18(23)22-11-15-19(21-7-6-20-15)14-5-8-26-12-14/h3-9,12H,10-11H2,1-2H3,(H,22,23). The van der Waals surface area contributed by atoms with Gasteiger partial charge < -0.3 is 14.8 Å². The first-order valence-electron chi connectivity index (χ1n) is 8.01. The molecular formula is C19H19N3O3S. The van der Waals surface area contributed by atoms with Crippen molar-refractivity contribution in [2.75, 3.05) is 14.2 Å². The maximum atomic E-state index is 12.3. The number of aromatic nitrogens is 2. The molecule has 2 heterocycles. The molecule has 1 N–H and O–H groups in total. The zero-order valence-corrected chi connectivity index (χ0v) is 15.4. The molecule has 6 nitrogen and oxygen atoms in total. The van der Waals surface area contributed by atoms with E-state index in [1.807, 2.05) is 22.9 Å². The molecule has 26 heavy (non-hydrogen) atoms. The van der Waals surface area contributed by atoms with E-state index in [2.05, 4.69) is 15.3 Å². The van der Waals surface area contributed by atoms with Crippen LogP contribution in [-0.2, 0) is 17.8 Å². The van der Waals surface area contributed by atoms with Gasteiger partial charge in [0.1, 0.15) is 0 Å². The van der Waals surface area contributed by atoms with Crippen LogP contribution in [0.15, 0.2) is 47.4 Å². The summed E-state index contributed by atoms with van der Waals surface area (Å²) in [5, 5.41) is 6.91. The largest absolute Gasteiger partial charge is 0.493 e. The summed E-state index contributed by atoms with van der Waals surface area (Å²) in [6, 6.07) is 7.43. The highest BCUT2D eigenvalue weighted by atomic mass is 32.1. The third kappa shape index (κ3) is 4.18. The second kappa shape index (κ2) is 8.44. The van der Waals surface area contributed by atoms with Crippen LogP contribution >= 0.6 is 11.3 Å². The van der Waals surface area contributed by atoms with E-state index in [4.69, 9.17) is 9.47 Å². The highest BCUT2D eigenvalue weighted by molar-refractivity contribution is 7.08. The normalized spacial score (nSPS) is 10.4. The van der Waals surface area contributed by atoms with Gasteiger partial charge in [0.05, 0.1) is 38.6 Å². The molecule has 0 aliphatic rings. The van der Waals surface area contributed by atoms with E-state index < -0.39 is 0 Å². The van der Waals surface area contributed by atoms with E-state index >= 15 is 0 Å². The Morgan fingerprint density at radius 1 is 1.12 bits per heavy atom. The molecule has 0 spiro atoms. The molecule has 0 saturated heterocycles. The molecule has 1 aromatic carbocycles. The molecule has 0 radical (unpaired) electrons. The molecule has 1 amide bonds. The van der Waals surface area contributed by atoms with Gasteiger partial charge in [0.2, 0.25) is 5.91 Å². The van der Waals surface area contributed by atoms with Crippen molar-refractivity contribution in [3.8, 4) is 22.8 Å². The minimum Gasteiger partial charge on any atom is -0.493 e. The van der Waals surface area contributed by atoms with Crippen molar-refractivity contribution in [1.82, 2.24) is 15.3 Å². The molecule has 0 unspecified atom stereocenters. The molecule has 0 atom stereocenters. The third-order valence-corrected chi connectivity index (χ3v) is 4.52. The molecule has 0 bridgehead atoms. The van der Waals surface area contributed by atoms with Crippen LogP contribution < -0.4 is 14.8 Å². The van der Waals surface area contributed by atoms with Crippen LogP contribution in [-0.4, -0.2) is 30.1 Å². The van der Waals surface area contributed by atoms with E-state index in [1.165, 1.54) is 0 Å². The molecule has 2 aromatic heterocycles. The highest BCUT2D eigenvalue weighted by Gasteiger charge is 2.11. The Morgan fingerprint density at radius 2 is 1.92 bits per heavy atom. The van der Waals surface area contributed by atoms with E-state index in [9.17, 15) is 4.79 Å². The summed E-state index contributed by atoms with van der Waals surface area (Å²) in [5.41, 5.74) is 3.39. The SMILES string of the molecule is COc1ccc(CC(=O)NCc2nccnc2-c2ccsc2)cc1OC. The number of hydrogen-bond acceptors (Lipinski definition) is 6. The number of methoxy groups -OCH3 is 2. The van der Waals surface area contributed by atoms with E-state index in [-0.39, 0.29) is 12.3 Å². The van der Waals surface area contributed by atoms with Crippen molar-refractivity contribution < 1.29 is 14.3 Å². The lowest BCUT2D eigenvalue weighted by molar-refractivity contribution is -0.120. The molecule has 0 aliphatic carbocycles. The van der Waals surface area contributed by atoms with Crippen LogP contribution in [0.25, 0.3) is 11.3 Å². The van der Waals surface area contributed by atoms with Gasteiger partial charge in [-0.2, -0.15) is 11.3 Å². The Labute approximate surface area is 155 Å². The van der Waals surface area contributed by atoms with Crippen molar-refractivity contribution in [2.45, 2.75) is 13.0 Å². The summed E-state index contributed by atoms with van der Waals surface area (Å²) in [6.07, 6.45) is 3.53. The fraction of sp³-hybridized carbons (Fsp3) is 0.211.